The summed E-state index contributed by atoms with van der Waals surface area (Å²) in [5.74, 6) is 0.164. The Morgan fingerprint density at radius 1 is 1.17 bits per heavy atom. The second-order valence-corrected chi connectivity index (χ2v) is 7.51. The molecule has 3 rings (SSSR count). The third kappa shape index (κ3) is 5.87. The third-order valence-electron chi connectivity index (χ3n) is 4.66. The molecular formula is C22H25ClN2O5. The first-order valence-electron chi connectivity index (χ1n) is 9.69. The fourth-order valence-electron chi connectivity index (χ4n) is 3.24. The van der Waals surface area contributed by atoms with Gasteiger partial charge in [0.05, 0.1) is 30.3 Å². The molecule has 1 heterocycles. The maximum absolute atomic E-state index is 12.8. The van der Waals surface area contributed by atoms with E-state index in [1.165, 1.54) is 7.11 Å². The van der Waals surface area contributed by atoms with Crippen molar-refractivity contribution in [1.82, 2.24) is 4.90 Å². The van der Waals surface area contributed by atoms with Crippen LogP contribution in [0, 0.1) is 5.92 Å². The number of nitrogens with one attached hydrogen (secondary N) is 1. The number of methoxy groups -OCH3 is 1. The van der Waals surface area contributed by atoms with Crippen molar-refractivity contribution in [3.63, 3.8) is 0 Å². The van der Waals surface area contributed by atoms with E-state index in [0.717, 1.165) is 5.56 Å². The first-order valence-corrected chi connectivity index (χ1v) is 10.1. The van der Waals surface area contributed by atoms with Gasteiger partial charge in [-0.3, -0.25) is 14.5 Å². The maximum atomic E-state index is 12.8. The largest absolute Gasteiger partial charge is 0.486 e. The zero-order chi connectivity index (χ0) is 21.5. The highest BCUT2D eigenvalue weighted by Gasteiger charge is 2.21. The molecule has 2 aromatic rings. The molecule has 8 heteroatoms. The van der Waals surface area contributed by atoms with E-state index in [0.29, 0.717) is 48.5 Å². The average Bonchev–Trinajstić information content (AvgIpc) is 2.74. The Morgan fingerprint density at radius 3 is 2.50 bits per heavy atom. The maximum Gasteiger partial charge on any atom is 0.309 e. The molecule has 2 aromatic carbocycles. The molecule has 1 amide bonds. The number of benzene rings is 2. The van der Waals surface area contributed by atoms with E-state index >= 15 is 0 Å². The van der Waals surface area contributed by atoms with Gasteiger partial charge in [0.2, 0.25) is 5.91 Å². The summed E-state index contributed by atoms with van der Waals surface area (Å²) >= 11 is 6.29. The molecule has 0 saturated carbocycles. The SMILES string of the molecule is COC(=O)C(C)CN(CC(=O)Nc1cc2c(cc1Cl)OCCO2)Cc1ccccc1. The van der Waals surface area contributed by atoms with Crippen LogP contribution < -0.4 is 14.8 Å². The lowest BCUT2D eigenvalue weighted by atomic mass is 10.1. The standard InChI is InChI=1S/C22H25ClN2O5/c1-15(22(27)28-2)12-25(13-16-6-4-3-5-7-16)14-21(26)24-18-11-20-19(10-17(18)23)29-8-9-30-20/h3-7,10-11,15H,8-9,12-14H2,1-2H3,(H,24,26). The summed E-state index contributed by atoms with van der Waals surface area (Å²) < 4.78 is 15.9. The predicted molar refractivity (Wildman–Crippen MR) is 114 cm³/mol. The highest BCUT2D eigenvalue weighted by Crippen LogP contribution is 2.37. The van der Waals surface area contributed by atoms with E-state index in [1.807, 2.05) is 35.2 Å². The van der Waals surface area contributed by atoms with Crippen molar-refractivity contribution < 1.29 is 23.8 Å². The first kappa shape index (κ1) is 21.9. The van der Waals surface area contributed by atoms with Gasteiger partial charge in [-0.15, -0.1) is 0 Å². The van der Waals surface area contributed by atoms with Crippen LogP contribution in [-0.2, 0) is 20.9 Å². The van der Waals surface area contributed by atoms with Gasteiger partial charge in [-0.05, 0) is 5.56 Å². The van der Waals surface area contributed by atoms with E-state index < -0.39 is 0 Å². The van der Waals surface area contributed by atoms with Gasteiger partial charge < -0.3 is 19.5 Å². The summed E-state index contributed by atoms with van der Waals surface area (Å²) in [6, 6.07) is 13.1. The zero-order valence-electron chi connectivity index (χ0n) is 17.0. The van der Waals surface area contributed by atoms with E-state index in [1.54, 1.807) is 19.1 Å². The van der Waals surface area contributed by atoms with Gasteiger partial charge in [0.25, 0.3) is 0 Å². The Hall–Kier alpha value is -2.77. The van der Waals surface area contributed by atoms with E-state index in [4.69, 9.17) is 25.8 Å². The summed E-state index contributed by atoms with van der Waals surface area (Å²) in [7, 11) is 1.36. The van der Waals surface area contributed by atoms with Gasteiger partial charge in [0, 0.05) is 25.2 Å². The monoisotopic (exact) mass is 432 g/mol. The zero-order valence-corrected chi connectivity index (χ0v) is 17.8. The molecule has 1 aliphatic rings. The number of hydrogen-bond donors (Lipinski definition) is 1. The topological polar surface area (TPSA) is 77.1 Å². The van der Waals surface area contributed by atoms with Crippen molar-refractivity contribution in [2.45, 2.75) is 13.5 Å². The Balaban J connectivity index is 1.70. The van der Waals surface area contributed by atoms with Crippen molar-refractivity contribution in [3.05, 3.63) is 53.1 Å². The van der Waals surface area contributed by atoms with Crippen molar-refractivity contribution in [2.24, 2.45) is 5.92 Å². The number of hydrogen-bond acceptors (Lipinski definition) is 6. The number of fused-ring (bicyclic) bond motifs is 1. The quantitative estimate of drug-likeness (QED) is 0.644. The predicted octanol–water partition coefficient (Wildman–Crippen LogP) is 3.36. The van der Waals surface area contributed by atoms with Crippen LogP contribution in [0.25, 0.3) is 0 Å². The summed E-state index contributed by atoms with van der Waals surface area (Å²) in [5, 5.41) is 3.19. The number of anilines is 1. The molecule has 0 fully saturated rings. The number of esters is 1. The Kier molecular flexibility index (Phi) is 7.54. The number of carbonyl (C=O) groups is 2. The smallest absolute Gasteiger partial charge is 0.309 e. The van der Waals surface area contributed by atoms with Crippen LogP contribution in [0.5, 0.6) is 11.5 Å². The highest BCUT2D eigenvalue weighted by molar-refractivity contribution is 6.34. The first-order chi connectivity index (χ1) is 14.5. The lowest BCUT2D eigenvalue weighted by molar-refractivity contribution is -0.145. The Labute approximate surface area is 180 Å². The third-order valence-corrected chi connectivity index (χ3v) is 4.97. The van der Waals surface area contributed by atoms with Gasteiger partial charge >= 0.3 is 5.97 Å². The summed E-state index contributed by atoms with van der Waals surface area (Å²) in [4.78, 5) is 26.5. The molecule has 0 saturated heterocycles. The van der Waals surface area contributed by atoms with Crippen LogP contribution in [0.1, 0.15) is 12.5 Å². The molecule has 0 radical (unpaired) electrons. The lowest BCUT2D eigenvalue weighted by Gasteiger charge is -2.25. The van der Waals surface area contributed by atoms with Crippen LogP contribution >= 0.6 is 11.6 Å². The minimum absolute atomic E-state index is 0.0843. The fraction of sp³-hybridized carbons (Fsp3) is 0.364. The van der Waals surface area contributed by atoms with Gasteiger partial charge in [-0.1, -0.05) is 48.9 Å². The number of nitrogens with zero attached hydrogens (tertiary/aromatic N) is 1. The highest BCUT2D eigenvalue weighted by atomic mass is 35.5. The molecule has 0 aliphatic carbocycles. The normalized spacial score (nSPS) is 13.6. The van der Waals surface area contributed by atoms with Crippen molar-refractivity contribution in [3.8, 4) is 11.5 Å². The molecule has 1 unspecified atom stereocenters. The summed E-state index contributed by atoms with van der Waals surface area (Å²) in [6.07, 6.45) is 0. The van der Waals surface area contributed by atoms with Crippen molar-refractivity contribution in [2.75, 3.05) is 38.7 Å². The van der Waals surface area contributed by atoms with Crippen LogP contribution in [0.3, 0.4) is 0 Å². The second-order valence-electron chi connectivity index (χ2n) is 7.10. The Morgan fingerprint density at radius 2 is 1.83 bits per heavy atom. The molecule has 0 bridgehead atoms. The fourth-order valence-corrected chi connectivity index (χ4v) is 3.44. The van der Waals surface area contributed by atoms with Crippen LogP contribution in [-0.4, -0.2) is 50.2 Å². The number of amides is 1. The van der Waals surface area contributed by atoms with E-state index in [-0.39, 0.29) is 24.3 Å². The van der Waals surface area contributed by atoms with Crippen molar-refractivity contribution >= 4 is 29.2 Å². The molecule has 1 aliphatic heterocycles. The molecule has 1 atom stereocenters. The number of halogens is 1. The summed E-state index contributed by atoms with van der Waals surface area (Å²) in [5.41, 5.74) is 1.49. The second kappa shape index (κ2) is 10.3. The number of carbonyl (C=O) groups excluding carboxylic acids is 2. The molecule has 160 valence electrons. The minimum atomic E-state index is -0.371. The molecule has 0 spiro atoms. The van der Waals surface area contributed by atoms with Gasteiger partial charge in [-0.25, -0.2) is 0 Å². The van der Waals surface area contributed by atoms with Crippen LogP contribution in [0.15, 0.2) is 42.5 Å². The van der Waals surface area contributed by atoms with Crippen LogP contribution in [0.4, 0.5) is 5.69 Å². The van der Waals surface area contributed by atoms with E-state index in [2.05, 4.69) is 5.32 Å². The molecule has 30 heavy (non-hydrogen) atoms. The van der Waals surface area contributed by atoms with Gasteiger partial charge in [-0.2, -0.15) is 0 Å². The minimum Gasteiger partial charge on any atom is -0.486 e. The number of rotatable bonds is 8. The molecular weight excluding hydrogens is 408 g/mol. The molecule has 1 N–H and O–H groups in total. The Bertz CT molecular complexity index is 891. The van der Waals surface area contributed by atoms with Gasteiger partial charge in [0.15, 0.2) is 11.5 Å². The lowest BCUT2D eigenvalue weighted by Crippen LogP contribution is -2.37. The van der Waals surface area contributed by atoms with Crippen molar-refractivity contribution in [1.29, 1.82) is 0 Å². The molecule has 0 aromatic heterocycles. The van der Waals surface area contributed by atoms with E-state index in [9.17, 15) is 9.59 Å². The van der Waals surface area contributed by atoms with Crippen LogP contribution in [0.2, 0.25) is 5.02 Å². The average molecular weight is 433 g/mol. The molecule has 7 nitrogen and oxygen atoms in total. The summed E-state index contributed by atoms with van der Waals surface area (Å²) in [6.45, 7) is 3.66. The number of ether oxygens (including phenoxy) is 3. The van der Waals surface area contributed by atoms with Gasteiger partial charge in [0.1, 0.15) is 13.2 Å².